The number of carbonyl (C=O) groups excluding carboxylic acids is 2. The Hall–Kier alpha value is -2.79. The Morgan fingerprint density at radius 2 is 1.46 bits per heavy atom. The lowest BCUT2D eigenvalue weighted by Crippen LogP contribution is -2.45. The molecule has 0 saturated carbocycles. The number of nitrogens with zero attached hydrogens (tertiary/aromatic N) is 2. The highest BCUT2D eigenvalue weighted by Gasteiger charge is 2.33. The van der Waals surface area contributed by atoms with Crippen LogP contribution in [0.5, 0.6) is 0 Å². The normalized spacial score (nSPS) is 11.8. The largest absolute Gasteiger partial charge is 0.310 e. The van der Waals surface area contributed by atoms with E-state index in [1.54, 1.807) is 29.2 Å². The van der Waals surface area contributed by atoms with E-state index < -0.39 is 5.92 Å². The van der Waals surface area contributed by atoms with Crippen molar-refractivity contribution in [2.75, 3.05) is 32.1 Å². The fraction of sp³-hybridized carbons (Fsp3) is 0.286. The molecule has 2 aromatic rings. The molecule has 0 saturated heterocycles. The summed E-state index contributed by atoms with van der Waals surface area (Å²) in [4.78, 5) is 29.1. The molecule has 0 spiro atoms. The van der Waals surface area contributed by atoms with Gasteiger partial charge in [-0.15, -0.1) is 0 Å². The zero-order chi connectivity index (χ0) is 19.1. The van der Waals surface area contributed by atoms with Gasteiger partial charge in [-0.2, -0.15) is 0 Å². The molecule has 2 rings (SSSR count). The minimum Gasteiger partial charge on any atom is -0.310 e. The Labute approximate surface area is 154 Å². The first-order chi connectivity index (χ1) is 12.4. The van der Waals surface area contributed by atoms with Crippen molar-refractivity contribution in [2.45, 2.75) is 6.92 Å². The number of hydrogen-bond acceptors (Lipinski definition) is 4. The smallest absolute Gasteiger partial charge is 0.243 e. The first-order valence-electron chi connectivity index (χ1n) is 8.57. The van der Waals surface area contributed by atoms with Crippen LogP contribution >= 0.6 is 0 Å². The zero-order valence-corrected chi connectivity index (χ0v) is 15.5. The van der Waals surface area contributed by atoms with Gasteiger partial charge in [0.2, 0.25) is 5.91 Å². The summed E-state index contributed by atoms with van der Waals surface area (Å²) in [6.45, 7) is 2.47. The molecule has 26 heavy (non-hydrogen) atoms. The molecule has 0 heterocycles. The number of benzene rings is 2. The summed E-state index contributed by atoms with van der Waals surface area (Å²) in [5.74, 6) is -1.80. The number of anilines is 1. The second-order valence-corrected chi connectivity index (χ2v) is 6.45. The Kier molecular flexibility index (Phi) is 6.81. The summed E-state index contributed by atoms with van der Waals surface area (Å²) in [7, 11) is 3.87. The van der Waals surface area contributed by atoms with Gasteiger partial charge in [-0.3, -0.25) is 9.59 Å². The van der Waals surface area contributed by atoms with E-state index in [9.17, 15) is 9.59 Å². The molecule has 136 valence electrons. The maximum Gasteiger partial charge on any atom is 0.243 e. The lowest BCUT2D eigenvalue weighted by Gasteiger charge is -2.28. The first-order valence-corrected chi connectivity index (χ1v) is 8.57. The molecule has 0 aliphatic heterocycles. The van der Waals surface area contributed by atoms with E-state index in [1.165, 1.54) is 6.92 Å². The summed E-state index contributed by atoms with van der Waals surface area (Å²) in [5, 5.41) is 8.44. The van der Waals surface area contributed by atoms with E-state index in [-0.39, 0.29) is 17.4 Å². The zero-order valence-electron chi connectivity index (χ0n) is 15.5. The average Bonchev–Trinajstić information content (AvgIpc) is 2.63. The highest BCUT2D eigenvalue weighted by molar-refractivity contribution is 6.27. The summed E-state index contributed by atoms with van der Waals surface area (Å²) in [6, 6.07) is 18.2. The van der Waals surface area contributed by atoms with Gasteiger partial charge in [0.25, 0.3) is 0 Å². The number of rotatable bonds is 8. The van der Waals surface area contributed by atoms with Crippen molar-refractivity contribution < 1.29 is 9.59 Å². The Balaban J connectivity index is 2.36. The van der Waals surface area contributed by atoms with Crippen LogP contribution in [-0.2, 0) is 9.59 Å². The average molecular weight is 351 g/mol. The maximum atomic E-state index is 13.3. The minimum absolute atomic E-state index is 0.0360. The summed E-state index contributed by atoms with van der Waals surface area (Å²) in [5.41, 5.74) is 1.35. The van der Waals surface area contributed by atoms with E-state index in [0.717, 1.165) is 5.69 Å². The molecule has 0 fully saturated rings. The van der Waals surface area contributed by atoms with Crippen molar-refractivity contribution in [3.63, 3.8) is 0 Å². The minimum atomic E-state index is -1.11. The van der Waals surface area contributed by atoms with Gasteiger partial charge in [-0.1, -0.05) is 48.5 Å². The van der Waals surface area contributed by atoms with Crippen molar-refractivity contribution in [1.82, 2.24) is 4.90 Å². The van der Waals surface area contributed by atoms with Crippen LogP contribution in [0.2, 0.25) is 0 Å². The second-order valence-electron chi connectivity index (χ2n) is 6.45. The lowest BCUT2D eigenvalue weighted by molar-refractivity contribution is -0.128. The third-order valence-electron chi connectivity index (χ3n) is 4.13. The van der Waals surface area contributed by atoms with Gasteiger partial charge in [0.15, 0.2) is 0 Å². The van der Waals surface area contributed by atoms with Crippen LogP contribution in [0.15, 0.2) is 60.7 Å². The molecule has 2 aromatic carbocycles. The number of ketones is 1. The van der Waals surface area contributed by atoms with Crippen LogP contribution in [-0.4, -0.2) is 49.5 Å². The third-order valence-corrected chi connectivity index (χ3v) is 4.13. The van der Waals surface area contributed by atoms with Crippen LogP contribution in [0.3, 0.4) is 0 Å². The molecule has 0 aliphatic carbocycles. The number of likely N-dealkylation sites (N-methyl/N-ethyl adjacent to an activating group) is 1. The quantitative estimate of drug-likeness (QED) is 0.587. The highest BCUT2D eigenvalue weighted by Crippen LogP contribution is 2.20. The summed E-state index contributed by atoms with van der Waals surface area (Å²) >= 11 is 0. The van der Waals surface area contributed by atoms with Gasteiger partial charge in [-0.25, -0.2) is 0 Å². The highest BCUT2D eigenvalue weighted by atomic mass is 16.2. The summed E-state index contributed by atoms with van der Waals surface area (Å²) in [6.07, 6.45) is 0. The SMILES string of the molecule is CC(=O)C(C(=N)c1ccccc1)C(=O)N(CCN(C)C)c1ccccc1. The molecule has 5 heteroatoms. The molecule has 0 radical (unpaired) electrons. The first kappa shape index (κ1) is 19.5. The molecule has 0 aromatic heterocycles. The standard InChI is InChI=1S/C21H25N3O2/c1-16(25)19(20(22)17-10-6-4-7-11-17)21(26)24(15-14-23(2)3)18-12-8-5-9-13-18/h4-13,19,22H,14-15H2,1-3H3. The second kappa shape index (κ2) is 9.06. The lowest BCUT2D eigenvalue weighted by atomic mass is 9.92. The molecule has 1 N–H and O–H groups in total. The van der Waals surface area contributed by atoms with Crippen LogP contribution in [0, 0.1) is 11.3 Å². The maximum absolute atomic E-state index is 13.3. The van der Waals surface area contributed by atoms with E-state index in [2.05, 4.69) is 0 Å². The fourth-order valence-electron chi connectivity index (χ4n) is 2.72. The van der Waals surface area contributed by atoms with Crippen LogP contribution < -0.4 is 4.90 Å². The summed E-state index contributed by atoms with van der Waals surface area (Å²) < 4.78 is 0. The van der Waals surface area contributed by atoms with Crippen molar-refractivity contribution in [1.29, 1.82) is 5.41 Å². The predicted octanol–water partition coefficient (Wildman–Crippen LogP) is 2.85. The number of hydrogen-bond donors (Lipinski definition) is 1. The fourth-order valence-corrected chi connectivity index (χ4v) is 2.72. The monoisotopic (exact) mass is 351 g/mol. The molecule has 0 aliphatic rings. The molecular weight excluding hydrogens is 326 g/mol. The van der Waals surface area contributed by atoms with Crippen LogP contribution in [0.1, 0.15) is 12.5 Å². The van der Waals surface area contributed by atoms with E-state index >= 15 is 0 Å². The van der Waals surface area contributed by atoms with Gasteiger partial charge >= 0.3 is 0 Å². The van der Waals surface area contributed by atoms with Crippen molar-refractivity contribution in [3.8, 4) is 0 Å². The van der Waals surface area contributed by atoms with Gasteiger partial charge in [0.05, 0.1) is 5.71 Å². The topological polar surface area (TPSA) is 64.5 Å². The Morgan fingerprint density at radius 1 is 0.923 bits per heavy atom. The van der Waals surface area contributed by atoms with Crippen LogP contribution in [0.4, 0.5) is 5.69 Å². The van der Waals surface area contributed by atoms with E-state index in [1.807, 2.05) is 55.4 Å². The van der Waals surface area contributed by atoms with Gasteiger partial charge in [0.1, 0.15) is 11.7 Å². The van der Waals surface area contributed by atoms with Gasteiger partial charge in [0, 0.05) is 18.8 Å². The van der Waals surface area contributed by atoms with Crippen molar-refractivity contribution in [3.05, 3.63) is 66.2 Å². The van der Waals surface area contributed by atoms with E-state index in [4.69, 9.17) is 5.41 Å². The molecule has 1 atom stereocenters. The number of para-hydroxylation sites is 1. The molecule has 0 bridgehead atoms. The number of amides is 1. The van der Waals surface area contributed by atoms with Gasteiger partial charge < -0.3 is 15.2 Å². The predicted molar refractivity (Wildman–Crippen MR) is 105 cm³/mol. The Bertz CT molecular complexity index is 757. The molecular formula is C21H25N3O2. The molecule has 5 nitrogen and oxygen atoms in total. The van der Waals surface area contributed by atoms with E-state index in [0.29, 0.717) is 18.7 Å². The number of Topliss-reactive ketones (excluding diaryl/α,β-unsaturated/α-hetero) is 1. The number of nitrogens with one attached hydrogen (secondary N) is 1. The van der Waals surface area contributed by atoms with Crippen molar-refractivity contribution >= 4 is 23.1 Å². The van der Waals surface area contributed by atoms with Gasteiger partial charge in [-0.05, 0) is 38.7 Å². The van der Waals surface area contributed by atoms with Crippen LogP contribution in [0.25, 0.3) is 0 Å². The molecule has 1 amide bonds. The Morgan fingerprint density at radius 3 is 1.96 bits per heavy atom. The third kappa shape index (κ3) is 4.86. The molecule has 1 unspecified atom stereocenters. The number of carbonyl (C=O) groups is 2. The van der Waals surface area contributed by atoms with Crippen molar-refractivity contribution in [2.24, 2.45) is 5.92 Å².